The Hall–Kier alpha value is -3.36. The van der Waals surface area contributed by atoms with E-state index in [1.54, 1.807) is 24.3 Å². The molecule has 6 nitrogen and oxygen atoms in total. The molecule has 2 heterocycles. The third-order valence-corrected chi connectivity index (χ3v) is 3.81. The SMILES string of the molecule is COc1cccc(-c2cc(C(=O)N[C@H](c3cccnc3)C(F)(F)F)[nH]n2)c1. The van der Waals surface area contributed by atoms with Crippen molar-refractivity contribution in [1.29, 1.82) is 0 Å². The minimum absolute atomic E-state index is 0.0917. The van der Waals surface area contributed by atoms with E-state index in [0.717, 1.165) is 6.20 Å². The van der Waals surface area contributed by atoms with Crippen LogP contribution in [-0.4, -0.2) is 34.4 Å². The molecular weight excluding hydrogens is 361 g/mol. The van der Waals surface area contributed by atoms with Gasteiger partial charge in [-0.05, 0) is 24.3 Å². The lowest BCUT2D eigenvalue weighted by Crippen LogP contribution is -2.38. The van der Waals surface area contributed by atoms with Gasteiger partial charge in [0.15, 0.2) is 6.04 Å². The Morgan fingerprint density at radius 3 is 2.70 bits per heavy atom. The molecule has 0 saturated heterocycles. The summed E-state index contributed by atoms with van der Waals surface area (Å²) in [6.07, 6.45) is -2.25. The van der Waals surface area contributed by atoms with E-state index in [9.17, 15) is 18.0 Å². The van der Waals surface area contributed by atoms with Gasteiger partial charge in [-0.3, -0.25) is 14.9 Å². The van der Waals surface area contributed by atoms with Gasteiger partial charge >= 0.3 is 6.18 Å². The summed E-state index contributed by atoms with van der Waals surface area (Å²) in [5, 5.41) is 8.43. The number of ether oxygens (including phenoxy) is 1. The Bertz CT molecular complexity index is 926. The van der Waals surface area contributed by atoms with Crippen LogP contribution in [0.15, 0.2) is 54.9 Å². The minimum atomic E-state index is -4.67. The number of alkyl halides is 3. The smallest absolute Gasteiger partial charge is 0.412 e. The third kappa shape index (κ3) is 4.25. The van der Waals surface area contributed by atoms with E-state index in [1.807, 2.05) is 5.32 Å². The summed E-state index contributed by atoms with van der Waals surface area (Å²) in [5.41, 5.74) is 0.810. The van der Waals surface area contributed by atoms with Crippen molar-refractivity contribution in [3.8, 4) is 17.0 Å². The molecule has 3 aromatic rings. The van der Waals surface area contributed by atoms with Crippen LogP contribution in [0.1, 0.15) is 22.1 Å². The average molecular weight is 376 g/mol. The number of H-pyrrole nitrogens is 1. The zero-order valence-corrected chi connectivity index (χ0v) is 14.1. The molecule has 1 aromatic carbocycles. The standard InChI is InChI=1S/C18H15F3N4O2/c1-27-13-6-2-4-11(8-13)14-9-15(25-24-14)17(26)23-16(18(19,20)21)12-5-3-7-22-10-12/h2-10,16H,1H3,(H,23,26)(H,24,25)/t16-/m1/s1. The maximum Gasteiger partial charge on any atom is 0.412 e. The van der Waals surface area contributed by atoms with Crippen LogP contribution in [0.5, 0.6) is 5.75 Å². The molecule has 2 N–H and O–H groups in total. The zero-order valence-electron chi connectivity index (χ0n) is 14.1. The molecule has 2 aromatic heterocycles. The second-order valence-corrected chi connectivity index (χ2v) is 5.63. The van der Waals surface area contributed by atoms with Gasteiger partial charge in [0.25, 0.3) is 5.91 Å². The van der Waals surface area contributed by atoms with Gasteiger partial charge < -0.3 is 10.1 Å². The van der Waals surface area contributed by atoms with Gasteiger partial charge in [-0.15, -0.1) is 0 Å². The first-order chi connectivity index (χ1) is 12.9. The molecule has 140 valence electrons. The lowest BCUT2D eigenvalue weighted by Gasteiger charge is -2.21. The fraction of sp³-hybridized carbons (Fsp3) is 0.167. The number of halogens is 3. The number of carbonyl (C=O) groups excluding carboxylic acids is 1. The number of rotatable bonds is 5. The maximum absolute atomic E-state index is 13.4. The molecule has 0 aliphatic carbocycles. The lowest BCUT2D eigenvalue weighted by molar-refractivity contribution is -0.155. The number of benzene rings is 1. The average Bonchev–Trinajstić information content (AvgIpc) is 3.16. The fourth-order valence-corrected chi connectivity index (χ4v) is 2.48. The summed E-state index contributed by atoms with van der Waals surface area (Å²) in [7, 11) is 1.51. The Kier molecular flexibility index (Phi) is 5.11. The quantitative estimate of drug-likeness (QED) is 0.714. The van der Waals surface area contributed by atoms with Crippen molar-refractivity contribution in [1.82, 2.24) is 20.5 Å². The van der Waals surface area contributed by atoms with Crippen molar-refractivity contribution in [2.75, 3.05) is 7.11 Å². The van der Waals surface area contributed by atoms with E-state index in [-0.39, 0.29) is 11.3 Å². The molecule has 0 radical (unpaired) electrons. The number of methoxy groups -OCH3 is 1. The zero-order chi connectivity index (χ0) is 19.4. The van der Waals surface area contributed by atoms with Crippen LogP contribution in [0.4, 0.5) is 13.2 Å². The molecule has 0 saturated carbocycles. The summed E-state index contributed by atoms with van der Waals surface area (Å²) in [5.74, 6) is -0.335. The van der Waals surface area contributed by atoms with Gasteiger partial charge in [0.2, 0.25) is 0 Å². The first kappa shape index (κ1) is 18.4. The predicted octanol–water partition coefficient (Wildman–Crippen LogP) is 3.51. The molecule has 0 aliphatic heterocycles. The molecule has 1 atom stereocenters. The van der Waals surface area contributed by atoms with Crippen molar-refractivity contribution < 1.29 is 22.7 Å². The van der Waals surface area contributed by atoms with Crippen LogP contribution in [0, 0.1) is 0 Å². The number of pyridine rings is 1. The predicted molar refractivity (Wildman–Crippen MR) is 91.1 cm³/mol. The monoisotopic (exact) mass is 376 g/mol. The second-order valence-electron chi connectivity index (χ2n) is 5.63. The second kappa shape index (κ2) is 7.48. The number of nitrogens with zero attached hydrogens (tertiary/aromatic N) is 2. The Morgan fingerprint density at radius 1 is 1.22 bits per heavy atom. The van der Waals surface area contributed by atoms with E-state index in [2.05, 4.69) is 15.2 Å². The molecular formula is C18H15F3N4O2. The minimum Gasteiger partial charge on any atom is -0.497 e. The highest BCUT2D eigenvalue weighted by molar-refractivity contribution is 5.93. The fourth-order valence-electron chi connectivity index (χ4n) is 2.48. The number of aromatic amines is 1. The van der Waals surface area contributed by atoms with Gasteiger partial charge in [-0.25, -0.2) is 0 Å². The van der Waals surface area contributed by atoms with Gasteiger partial charge in [-0.2, -0.15) is 18.3 Å². The number of hydrogen-bond donors (Lipinski definition) is 2. The van der Waals surface area contributed by atoms with Crippen LogP contribution in [-0.2, 0) is 0 Å². The molecule has 9 heteroatoms. The first-order valence-electron chi connectivity index (χ1n) is 7.86. The Balaban J connectivity index is 1.82. The van der Waals surface area contributed by atoms with Gasteiger partial charge in [0.05, 0.1) is 12.8 Å². The third-order valence-electron chi connectivity index (χ3n) is 3.81. The summed E-state index contributed by atoms with van der Waals surface area (Å²) in [6.45, 7) is 0. The maximum atomic E-state index is 13.4. The van der Waals surface area contributed by atoms with Gasteiger partial charge in [-0.1, -0.05) is 18.2 Å². The molecule has 0 unspecified atom stereocenters. The molecule has 27 heavy (non-hydrogen) atoms. The number of hydrogen-bond acceptors (Lipinski definition) is 4. The van der Waals surface area contributed by atoms with Crippen molar-refractivity contribution in [2.24, 2.45) is 0 Å². The van der Waals surface area contributed by atoms with Crippen LogP contribution < -0.4 is 10.1 Å². The number of carbonyl (C=O) groups is 1. The summed E-state index contributed by atoms with van der Waals surface area (Å²) < 4.78 is 45.2. The normalized spacial score (nSPS) is 12.4. The van der Waals surface area contributed by atoms with Crippen molar-refractivity contribution in [3.63, 3.8) is 0 Å². The van der Waals surface area contributed by atoms with Crippen LogP contribution in [0.25, 0.3) is 11.3 Å². The molecule has 0 fully saturated rings. The van der Waals surface area contributed by atoms with Crippen molar-refractivity contribution in [3.05, 3.63) is 66.1 Å². The van der Waals surface area contributed by atoms with E-state index in [1.165, 1.54) is 31.5 Å². The largest absolute Gasteiger partial charge is 0.497 e. The Labute approximate surface area is 152 Å². The molecule has 1 amide bonds. The van der Waals surface area contributed by atoms with Crippen LogP contribution >= 0.6 is 0 Å². The summed E-state index contributed by atoms with van der Waals surface area (Å²) in [6, 6.07) is 8.75. The van der Waals surface area contributed by atoms with Gasteiger partial charge in [0, 0.05) is 23.5 Å². The van der Waals surface area contributed by atoms with E-state index in [4.69, 9.17) is 4.74 Å². The van der Waals surface area contributed by atoms with Crippen molar-refractivity contribution >= 4 is 5.91 Å². The van der Waals surface area contributed by atoms with Crippen molar-refractivity contribution in [2.45, 2.75) is 12.2 Å². The Morgan fingerprint density at radius 2 is 2.04 bits per heavy atom. The highest BCUT2D eigenvalue weighted by Crippen LogP contribution is 2.32. The van der Waals surface area contributed by atoms with Crippen LogP contribution in [0.3, 0.4) is 0 Å². The van der Waals surface area contributed by atoms with E-state index >= 15 is 0 Å². The highest BCUT2D eigenvalue weighted by atomic mass is 19.4. The first-order valence-corrected chi connectivity index (χ1v) is 7.86. The molecule has 0 aliphatic rings. The topological polar surface area (TPSA) is 79.9 Å². The lowest BCUT2D eigenvalue weighted by atomic mass is 10.1. The molecule has 3 rings (SSSR count). The van der Waals surface area contributed by atoms with Gasteiger partial charge in [0.1, 0.15) is 11.4 Å². The van der Waals surface area contributed by atoms with E-state index in [0.29, 0.717) is 17.0 Å². The molecule has 0 spiro atoms. The molecule has 0 bridgehead atoms. The number of aromatic nitrogens is 3. The highest BCUT2D eigenvalue weighted by Gasteiger charge is 2.42. The van der Waals surface area contributed by atoms with Crippen LogP contribution in [0.2, 0.25) is 0 Å². The summed E-state index contributed by atoms with van der Waals surface area (Å²) >= 11 is 0. The number of nitrogens with one attached hydrogen (secondary N) is 2. The van der Waals surface area contributed by atoms with E-state index < -0.39 is 18.1 Å². The summed E-state index contributed by atoms with van der Waals surface area (Å²) in [4.78, 5) is 16.0. The number of amides is 1.